The Morgan fingerprint density at radius 1 is 0.875 bits per heavy atom. The van der Waals surface area contributed by atoms with Crippen LogP contribution in [0.3, 0.4) is 0 Å². The summed E-state index contributed by atoms with van der Waals surface area (Å²) in [5, 5.41) is 8.65. The first kappa shape index (κ1) is 28.4. The van der Waals surface area contributed by atoms with E-state index >= 15 is 0 Å². The van der Waals surface area contributed by atoms with Crippen molar-refractivity contribution in [3.8, 4) is 5.75 Å². The summed E-state index contributed by atoms with van der Waals surface area (Å²) in [4.78, 5) is 42.2. The van der Waals surface area contributed by atoms with Crippen LogP contribution in [0.15, 0.2) is 66.7 Å². The maximum absolute atomic E-state index is 13.3. The third kappa shape index (κ3) is 7.28. The molecule has 3 aromatic carbocycles. The Morgan fingerprint density at radius 3 is 2.15 bits per heavy atom. The Bertz CT molecular complexity index is 1340. The second-order valence-electron chi connectivity index (χ2n) is 9.82. The van der Waals surface area contributed by atoms with Crippen LogP contribution in [-0.4, -0.2) is 56.0 Å². The molecule has 10 heteroatoms. The van der Waals surface area contributed by atoms with Crippen molar-refractivity contribution in [1.82, 2.24) is 10.2 Å². The van der Waals surface area contributed by atoms with E-state index in [-0.39, 0.29) is 36.1 Å². The molecule has 1 fully saturated rings. The van der Waals surface area contributed by atoms with Gasteiger partial charge in [0.25, 0.3) is 5.91 Å². The average Bonchev–Trinajstić information content (AvgIpc) is 2.97. The van der Waals surface area contributed by atoms with Crippen LogP contribution < -0.4 is 25.6 Å². The summed E-state index contributed by atoms with van der Waals surface area (Å²) >= 11 is 0. The number of nitrogens with one attached hydrogen (secondary N) is 3. The summed E-state index contributed by atoms with van der Waals surface area (Å²) in [6, 6.07) is 18.1. The number of carbonyl (C=O) groups excluding carboxylic acids is 3. The SMILES string of the molecule is COc1ccc(NC(=O)N2CCN(c3ccc(NC(=O)C(C)C)cc3C(=O)NCc3ccc(F)cc3)CC2)cc1. The van der Waals surface area contributed by atoms with Crippen molar-refractivity contribution in [2.45, 2.75) is 20.4 Å². The zero-order chi connectivity index (χ0) is 28.6. The van der Waals surface area contributed by atoms with Crippen molar-refractivity contribution in [2.24, 2.45) is 5.92 Å². The zero-order valence-electron chi connectivity index (χ0n) is 22.9. The molecule has 0 bridgehead atoms. The summed E-state index contributed by atoms with van der Waals surface area (Å²) in [7, 11) is 1.59. The summed E-state index contributed by atoms with van der Waals surface area (Å²) in [6.07, 6.45) is 0. The number of hydrogen-bond donors (Lipinski definition) is 3. The quantitative estimate of drug-likeness (QED) is 0.379. The summed E-state index contributed by atoms with van der Waals surface area (Å²) in [6.45, 7) is 5.78. The fraction of sp³-hybridized carbons (Fsp3) is 0.300. The van der Waals surface area contributed by atoms with Crippen LogP contribution in [0, 0.1) is 11.7 Å². The maximum Gasteiger partial charge on any atom is 0.321 e. The number of amides is 4. The number of nitrogens with zero attached hydrogens (tertiary/aromatic N) is 2. The Balaban J connectivity index is 1.45. The molecule has 4 rings (SSSR count). The van der Waals surface area contributed by atoms with E-state index in [0.29, 0.717) is 54.6 Å². The van der Waals surface area contributed by atoms with Gasteiger partial charge in [0.1, 0.15) is 11.6 Å². The van der Waals surface area contributed by atoms with E-state index in [9.17, 15) is 18.8 Å². The molecule has 0 spiro atoms. The highest BCUT2D eigenvalue weighted by Crippen LogP contribution is 2.27. The number of methoxy groups -OCH3 is 1. The van der Waals surface area contributed by atoms with E-state index in [2.05, 4.69) is 20.9 Å². The number of benzene rings is 3. The van der Waals surface area contributed by atoms with Crippen LogP contribution in [0.2, 0.25) is 0 Å². The van der Waals surface area contributed by atoms with Crippen molar-refractivity contribution in [2.75, 3.05) is 48.8 Å². The molecule has 4 amide bonds. The molecular formula is C30H34FN5O4. The van der Waals surface area contributed by atoms with Gasteiger partial charge in [0.05, 0.1) is 12.7 Å². The van der Waals surface area contributed by atoms with Gasteiger partial charge >= 0.3 is 6.03 Å². The standard InChI is InChI=1S/C30H34FN5O4/c1-20(2)28(37)33-24-10-13-27(26(18-24)29(38)32-19-21-4-6-22(31)7-5-21)35-14-16-36(17-15-35)30(39)34-23-8-11-25(40-3)12-9-23/h4-13,18,20H,14-17,19H2,1-3H3,(H,32,38)(H,33,37)(H,34,39). The lowest BCUT2D eigenvalue weighted by atomic mass is 10.1. The molecular weight excluding hydrogens is 513 g/mol. The molecule has 1 aliphatic heterocycles. The van der Waals surface area contributed by atoms with Gasteiger partial charge < -0.3 is 30.5 Å². The van der Waals surface area contributed by atoms with Crippen LogP contribution in [0.25, 0.3) is 0 Å². The fourth-order valence-corrected chi connectivity index (χ4v) is 4.27. The zero-order valence-corrected chi connectivity index (χ0v) is 22.9. The van der Waals surface area contributed by atoms with Crippen LogP contribution in [0.5, 0.6) is 5.75 Å². The van der Waals surface area contributed by atoms with Gasteiger partial charge in [-0.2, -0.15) is 0 Å². The van der Waals surface area contributed by atoms with Crippen molar-refractivity contribution >= 4 is 34.9 Å². The number of rotatable bonds is 8. The monoisotopic (exact) mass is 547 g/mol. The minimum absolute atomic E-state index is 0.151. The van der Waals surface area contributed by atoms with Crippen molar-refractivity contribution in [3.05, 3.63) is 83.7 Å². The number of piperazine rings is 1. The molecule has 0 saturated carbocycles. The van der Waals surface area contributed by atoms with Crippen LogP contribution in [0.4, 0.5) is 26.2 Å². The van der Waals surface area contributed by atoms with Crippen LogP contribution >= 0.6 is 0 Å². The number of urea groups is 1. The highest BCUT2D eigenvalue weighted by molar-refractivity contribution is 6.02. The Morgan fingerprint density at radius 2 is 1.52 bits per heavy atom. The minimum atomic E-state index is -0.345. The van der Waals surface area contributed by atoms with Crippen LogP contribution in [0.1, 0.15) is 29.8 Å². The fourth-order valence-electron chi connectivity index (χ4n) is 4.27. The maximum atomic E-state index is 13.3. The smallest absolute Gasteiger partial charge is 0.321 e. The number of carbonyl (C=O) groups is 3. The van der Waals surface area contributed by atoms with Gasteiger partial charge in [-0.1, -0.05) is 26.0 Å². The molecule has 1 heterocycles. The van der Waals surface area contributed by atoms with Crippen molar-refractivity contribution in [1.29, 1.82) is 0 Å². The van der Waals surface area contributed by atoms with E-state index in [0.717, 1.165) is 5.56 Å². The lowest BCUT2D eigenvalue weighted by Crippen LogP contribution is -2.50. The third-order valence-corrected chi connectivity index (χ3v) is 6.65. The Hall–Kier alpha value is -4.60. The molecule has 1 saturated heterocycles. The highest BCUT2D eigenvalue weighted by atomic mass is 19.1. The molecule has 0 radical (unpaired) electrons. The van der Waals surface area contributed by atoms with Gasteiger partial charge in [-0.25, -0.2) is 9.18 Å². The Kier molecular flexibility index (Phi) is 9.21. The minimum Gasteiger partial charge on any atom is -0.497 e. The van der Waals surface area contributed by atoms with Crippen molar-refractivity contribution < 1.29 is 23.5 Å². The molecule has 3 N–H and O–H groups in total. The van der Waals surface area contributed by atoms with E-state index in [1.165, 1.54) is 12.1 Å². The summed E-state index contributed by atoms with van der Waals surface area (Å²) < 4.78 is 18.4. The number of ether oxygens (including phenoxy) is 1. The second kappa shape index (κ2) is 13.0. The first-order valence-corrected chi connectivity index (χ1v) is 13.2. The highest BCUT2D eigenvalue weighted by Gasteiger charge is 2.25. The molecule has 0 atom stereocenters. The van der Waals surface area contributed by atoms with Gasteiger partial charge in [0.15, 0.2) is 0 Å². The second-order valence-corrected chi connectivity index (χ2v) is 9.82. The van der Waals surface area contributed by atoms with E-state index in [4.69, 9.17) is 4.74 Å². The van der Waals surface area contributed by atoms with E-state index < -0.39 is 0 Å². The first-order valence-electron chi connectivity index (χ1n) is 13.2. The predicted molar refractivity (Wildman–Crippen MR) is 153 cm³/mol. The number of hydrogen-bond acceptors (Lipinski definition) is 5. The van der Waals surface area contributed by atoms with Gasteiger partial charge in [0, 0.05) is 55.7 Å². The summed E-state index contributed by atoms with van der Waals surface area (Å²) in [5.41, 5.74) is 3.06. The third-order valence-electron chi connectivity index (χ3n) is 6.65. The molecule has 1 aliphatic rings. The lowest BCUT2D eigenvalue weighted by molar-refractivity contribution is -0.118. The normalized spacial score (nSPS) is 13.1. The van der Waals surface area contributed by atoms with Gasteiger partial charge in [-0.05, 0) is 60.2 Å². The van der Waals surface area contributed by atoms with Crippen LogP contribution in [-0.2, 0) is 11.3 Å². The van der Waals surface area contributed by atoms with Crippen molar-refractivity contribution in [3.63, 3.8) is 0 Å². The number of halogens is 1. The first-order chi connectivity index (χ1) is 19.2. The molecule has 0 aromatic heterocycles. The van der Waals surface area contributed by atoms with E-state index in [1.807, 2.05) is 6.07 Å². The molecule has 40 heavy (non-hydrogen) atoms. The predicted octanol–water partition coefficient (Wildman–Crippen LogP) is 4.71. The number of anilines is 3. The lowest BCUT2D eigenvalue weighted by Gasteiger charge is -2.37. The van der Waals surface area contributed by atoms with E-state index in [1.54, 1.807) is 74.4 Å². The largest absolute Gasteiger partial charge is 0.497 e. The van der Waals surface area contributed by atoms with Gasteiger partial charge in [0.2, 0.25) is 5.91 Å². The average molecular weight is 548 g/mol. The Labute approximate surface area is 233 Å². The topological polar surface area (TPSA) is 103 Å². The van der Waals surface area contributed by atoms with Gasteiger partial charge in [-0.15, -0.1) is 0 Å². The van der Waals surface area contributed by atoms with Gasteiger partial charge in [-0.3, -0.25) is 9.59 Å². The summed E-state index contributed by atoms with van der Waals surface area (Å²) in [5.74, 6) is -0.323. The molecule has 3 aromatic rings. The molecule has 0 aliphatic carbocycles. The molecule has 210 valence electrons. The molecule has 9 nitrogen and oxygen atoms in total. The molecule has 0 unspecified atom stereocenters.